The van der Waals surface area contributed by atoms with Gasteiger partial charge in [0.1, 0.15) is 0 Å². The Morgan fingerprint density at radius 3 is 2.84 bits per heavy atom. The number of nitrogens with two attached hydrogens (primary N) is 1. The van der Waals surface area contributed by atoms with E-state index in [1.165, 1.54) is 6.07 Å². The van der Waals surface area contributed by atoms with Crippen molar-refractivity contribution in [3.05, 3.63) is 42.0 Å². The molecule has 1 aromatic heterocycles. The second-order valence-corrected chi connectivity index (χ2v) is 4.58. The summed E-state index contributed by atoms with van der Waals surface area (Å²) in [5, 5.41) is 4.07. The number of rotatable bonds is 5. The third-order valence-electron chi connectivity index (χ3n) is 2.72. The molecule has 1 aromatic carbocycles. The minimum Gasteiger partial charge on any atom is -0.451 e. The van der Waals surface area contributed by atoms with Crippen LogP contribution in [0.15, 0.2) is 30.6 Å². The molecule has 1 unspecified atom stereocenters. The lowest BCUT2D eigenvalue weighted by atomic mass is 10.1. The molecule has 0 saturated carbocycles. The van der Waals surface area contributed by atoms with Crippen molar-refractivity contribution in [3.8, 4) is 11.5 Å². The molecule has 0 bridgehead atoms. The van der Waals surface area contributed by atoms with Crippen molar-refractivity contribution in [1.29, 1.82) is 0 Å². The van der Waals surface area contributed by atoms with Crippen molar-refractivity contribution in [2.45, 2.75) is 32.9 Å². The van der Waals surface area contributed by atoms with Gasteiger partial charge in [0, 0.05) is 12.6 Å². The second kappa shape index (κ2) is 5.84. The van der Waals surface area contributed by atoms with Crippen LogP contribution >= 0.6 is 0 Å². The molecule has 4 nitrogen and oxygen atoms in total. The first-order chi connectivity index (χ1) is 9.08. The van der Waals surface area contributed by atoms with Gasteiger partial charge in [0.05, 0.1) is 12.4 Å². The Morgan fingerprint density at radius 2 is 2.26 bits per heavy atom. The van der Waals surface area contributed by atoms with E-state index < -0.39 is 0 Å². The van der Waals surface area contributed by atoms with Crippen LogP contribution in [0.25, 0.3) is 0 Å². The molecule has 2 aromatic rings. The van der Waals surface area contributed by atoms with Gasteiger partial charge in [0.25, 0.3) is 0 Å². The van der Waals surface area contributed by atoms with Crippen LogP contribution in [0, 0.1) is 5.82 Å². The van der Waals surface area contributed by atoms with Gasteiger partial charge in [0.2, 0.25) is 0 Å². The van der Waals surface area contributed by atoms with Crippen LogP contribution < -0.4 is 10.5 Å². The van der Waals surface area contributed by atoms with Crippen LogP contribution in [0.1, 0.15) is 19.4 Å². The zero-order chi connectivity index (χ0) is 13.8. The molecule has 1 atom stereocenters. The quantitative estimate of drug-likeness (QED) is 0.902. The number of aromatic nitrogens is 2. The van der Waals surface area contributed by atoms with E-state index >= 15 is 0 Å². The highest BCUT2D eigenvalue weighted by Gasteiger charge is 2.08. The SMILES string of the molecule is CCn1cc(Oc2ccc(CC(C)N)cc2F)cn1. The largest absolute Gasteiger partial charge is 0.451 e. The van der Waals surface area contributed by atoms with Gasteiger partial charge in [-0.3, -0.25) is 4.68 Å². The Labute approximate surface area is 112 Å². The zero-order valence-corrected chi connectivity index (χ0v) is 11.1. The first-order valence-electron chi connectivity index (χ1n) is 6.32. The van der Waals surface area contributed by atoms with E-state index in [2.05, 4.69) is 5.10 Å². The number of nitrogens with zero attached hydrogens (tertiary/aromatic N) is 2. The molecule has 0 aliphatic carbocycles. The van der Waals surface area contributed by atoms with Gasteiger partial charge in [0.15, 0.2) is 17.3 Å². The zero-order valence-electron chi connectivity index (χ0n) is 11.1. The van der Waals surface area contributed by atoms with Gasteiger partial charge in [-0.2, -0.15) is 5.10 Å². The van der Waals surface area contributed by atoms with Crippen LogP contribution in [0.2, 0.25) is 0 Å². The molecule has 0 spiro atoms. The normalized spacial score (nSPS) is 12.4. The average Bonchev–Trinajstić information content (AvgIpc) is 2.80. The Balaban J connectivity index is 2.12. The van der Waals surface area contributed by atoms with E-state index in [0.29, 0.717) is 12.2 Å². The van der Waals surface area contributed by atoms with E-state index in [4.69, 9.17) is 10.5 Å². The highest BCUT2D eigenvalue weighted by molar-refractivity contribution is 5.33. The minimum absolute atomic E-state index is 0.00829. The second-order valence-electron chi connectivity index (χ2n) is 4.58. The standard InChI is InChI=1S/C14H18FN3O/c1-3-18-9-12(8-17-18)19-14-5-4-11(6-10(2)16)7-13(14)15/h4-5,7-10H,3,6,16H2,1-2H3. The van der Waals surface area contributed by atoms with Gasteiger partial charge in [-0.05, 0) is 38.0 Å². The molecular formula is C14H18FN3O. The van der Waals surface area contributed by atoms with Crippen LogP contribution in [0.5, 0.6) is 11.5 Å². The Kier molecular flexibility index (Phi) is 4.16. The van der Waals surface area contributed by atoms with Crippen molar-refractivity contribution in [2.75, 3.05) is 0 Å². The summed E-state index contributed by atoms with van der Waals surface area (Å²) in [6, 6.07) is 4.92. The van der Waals surface area contributed by atoms with E-state index in [1.807, 2.05) is 19.9 Å². The fourth-order valence-corrected chi connectivity index (χ4v) is 1.82. The Hall–Kier alpha value is -1.88. The molecule has 0 saturated heterocycles. The van der Waals surface area contributed by atoms with Crippen molar-refractivity contribution in [1.82, 2.24) is 9.78 Å². The van der Waals surface area contributed by atoms with Crippen molar-refractivity contribution in [2.24, 2.45) is 5.73 Å². The topological polar surface area (TPSA) is 53.1 Å². The van der Waals surface area contributed by atoms with Crippen LogP contribution in [0.3, 0.4) is 0 Å². The van der Waals surface area contributed by atoms with Gasteiger partial charge < -0.3 is 10.5 Å². The highest BCUT2D eigenvalue weighted by Crippen LogP contribution is 2.25. The highest BCUT2D eigenvalue weighted by atomic mass is 19.1. The maximum Gasteiger partial charge on any atom is 0.165 e. The first-order valence-corrected chi connectivity index (χ1v) is 6.32. The Morgan fingerprint density at radius 1 is 1.47 bits per heavy atom. The molecule has 0 aliphatic rings. The number of aryl methyl sites for hydroxylation is 1. The van der Waals surface area contributed by atoms with Crippen molar-refractivity contribution in [3.63, 3.8) is 0 Å². The van der Waals surface area contributed by atoms with Crippen LogP contribution in [0.4, 0.5) is 4.39 Å². The summed E-state index contributed by atoms with van der Waals surface area (Å²) >= 11 is 0. The fraction of sp³-hybridized carbons (Fsp3) is 0.357. The minimum atomic E-state index is -0.387. The predicted molar refractivity (Wildman–Crippen MR) is 71.7 cm³/mol. The Bertz CT molecular complexity index is 551. The summed E-state index contributed by atoms with van der Waals surface area (Å²) in [6.07, 6.45) is 3.94. The molecule has 0 aliphatic heterocycles. The molecule has 0 amide bonds. The lowest BCUT2D eigenvalue weighted by molar-refractivity contribution is 0.440. The molecule has 102 valence electrons. The summed E-state index contributed by atoms with van der Waals surface area (Å²) in [5.41, 5.74) is 6.55. The van der Waals surface area contributed by atoms with Crippen LogP contribution in [-0.2, 0) is 13.0 Å². The molecule has 0 radical (unpaired) electrons. The maximum atomic E-state index is 13.9. The molecule has 19 heavy (non-hydrogen) atoms. The van der Waals surface area contributed by atoms with Crippen molar-refractivity contribution < 1.29 is 9.13 Å². The van der Waals surface area contributed by atoms with Gasteiger partial charge >= 0.3 is 0 Å². The number of hydrogen-bond donors (Lipinski definition) is 1. The third kappa shape index (κ3) is 3.54. The maximum absolute atomic E-state index is 13.9. The van der Waals surface area contributed by atoms with E-state index in [1.54, 1.807) is 23.1 Å². The lowest BCUT2D eigenvalue weighted by Crippen LogP contribution is -2.17. The van der Waals surface area contributed by atoms with Gasteiger partial charge in [-0.25, -0.2) is 4.39 Å². The fourth-order valence-electron chi connectivity index (χ4n) is 1.82. The number of hydrogen-bond acceptors (Lipinski definition) is 3. The summed E-state index contributed by atoms with van der Waals surface area (Å²) in [6.45, 7) is 4.61. The summed E-state index contributed by atoms with van der Waals surface area (Å²) in [7, 11) is 0. The molecular weight excluding hydrogens is 245 g/mol. The average molecular weight is 263 g/mol. The molecule has 2 rings (SSSR count). The summed E-state index contributed by atoms with van der Waals surface area (Å²) < 4.78 is 21.1. The molecule has 1 heterocycles. The summed E-state index contributed by atoms with van der Waals surface area (Å²) in [5.74, 6) is 0.340. The molecule has 5 heteroatoms. The number of benzene rings is 1. The number of halogens is 1. The smallest absolute Gasteiger partial charge is 0.165 e. The van der Waals surface area contributed by atoms with E-state index in [-0.39, 0.29) is 17.6 Å². The number of ether oxygens (including phenoxy) is 1. The van der Waals surface area contributed by atoms with Crippen molar-refractivity contribution >= 4 is 0 Å². The van der Waals surface area contributed by atoms with E-state index in [9.17, 15) is 4.39 Å². The monoisotopic (exact) mass is 263 g/mol. The third-order valence-corrected chi connectivity index (χ3v) is 2.72. The van der Waals surface area contributed by atoms with Gasteiger partial charge in [-0.15, -0.1) is 0 Å². The molecule has 2 N–H and O–H groups in total. The first kappa shape index (κ1) is 13.5. The van der Waals surface area contributed by atoms with Gasteiger partial charge in [-0.1, -0.05) is 6.07 Å². The van der Waals surface area contributed by atoms with E-state index in [0.717, 1.165) is 12.1 Å². The molecule has 0 fully saturated rings. The summed E-state index contributed by atoms with van der Waals surface area (Å²) in [4.78, 5) is 0. The van der Waals surface area contributed by atoms with Crippen LogP contribution in [-0.4, -0.2) is 15.8 Å². The lowest BCUT2D eigenvalue weighted by Gasteiger charge is -2.08. The predicted octanol–water partition coefficient (Wildman–Crippen LogP) is 2.72.